The number of hydrogen-bond donors (Lipinski definition) is 1. The minimum absolute atomic E-state index is 0.203. The molecule has 2 aromatic rings. The first-order chi connectivity index (χ1) is 10.4. The fourth-order valence-corrected chi connectivity index (χ4v) is 2.80. The molecule has 0 aliphatic heterocycles. The van der Waals surface area contributed by atoms with Gasteiger partial charge < -0.3 is 5.32 Å². The molecule has 0 aromatic heterocycles. The molecule has 6 heteroatoms. The van der Waals surface area contributed by atoms with Crippen molar-refractivity contribution in [2.45, 2.75) is 5.00 Å². The average Bonchev–Trinajstić information content (AvgIpc) is 2.70. The third kappa shape index (κ3) is 2.21. The number of hydrogen-bond acceptors (Lipinski definition) is 3. The van der Waals surface area contributed by atoms with Gasteiger partial charge in [-0.3, -0.25) is 14.4 Å². The number of ketones is 2. The van der Waals surface area contributed by atoms with Gasteiger partial charge in [0.25, 0.3) is 5.91 Å². The van der Waals surface area contributed by atoms with E-state index >= 15 is 0 Å². The summed E-state index contributed by atoms with van der Waals surface area (Å²) in [6, 6.07) is 12.4. The van der Waals surface area contributed by atoms with Gasteiger partial charge in [-0.2, -0.15) is 0 Å². The van der Waals surface area contributed by atoms with Crippen molar-refractivity contribution in [2.75, 3.05) is 0 Å². The maximum Gasteiger partial charge on any atom is 0.253 e. The van der Waals surface area contributed by atoms with E-state index in [9.17, 15) is 14.4 Å². The van der Waals surface area contributed by atoms with Crippen molar-refractivity contribution < 1.29 is 14.4 Å². The Kier molecular flexibility index (Phi) is 3.51. The highest BCUT2D eigenvalue weighted by Crippen LogP contribution is 2.33. The number of rotatable bonds is 2. The largest absolute Gasteiger partial charge is 0.320 e. The molecule has 0 atom stereocenters. The van der Waals surface area contributed by atoms with Crippen molar-refractivity contribution >= 4 is 40.7 Å². The molecule has 0 saturated carbocycles. The molecule has 1 aliphatic rings. The predicted octanol–water partition coefficient (Wildman–Crippen LogP) is 3.08. The number of fused-ring (bicyclic) bond motifs is 1. The second-order valence-electron chi connectivity index (χ2n) is 4.83. The quantitative estimate of drug-likeness (QED) is 0.521. The number of carbonyl (C=O) groups excluding carboxylic acids is 3. The van der Waals surface area contributed by atoms with E-state index in [-0.39, 0.29) is 16.7 Å². The van der Waals surface area contributed by atoms with Crippen LogP contribution in [0.1, 0.15) is 31.1 Å². The highest BCUT2D eigenvalue weighted by Gasteiger charge is 2.53. The Morgan fingerprint density at radius 2 is 1.55 bits per heavy atom. The Hall–Kier alpha value is -2.17. The van der Waals surface area contributed by atoms with E-state index in [1.807, 2.05) is 0 Å². The number of nitrogens with one attached hydrogen (secondary N) is 1. The van der Waals surface area contributed by atoms with E-state index < -0.39 is 22.5 Å². The molecule has 4 nitrogen and oxygen atoms in total. The van der Waals surface area contributed by atoms with Crippen LogP contribution in [-0.4, -0.2) is 22.5 Å². The SMILES string of the molecule is O=C(NC1(Cl)C(=O)c2ccccc2C1=O)c1cccc(Cl)c1. The molecular formula is C16H9Cl2NO3. The molecule has 22 heavy (non-hydrogen) atoms. The summed E-state index contributed by atoms with van der Waals surface area (Å²) in [6.07, 6.45) is 0. The van der Waals surface area contributed by atoms with Gasteiger partial charge in [0.15, 0.2) is 0 Å². The minimum atomic E-state index is -2.11. The van der Waals surface area contributed by atoms with Gasteiger partial charge in [-0.25, -0.2) is 0 Å². The lowest BCUT2D eigenvalue weighted by Gasteiger charge is -2.19. The molecule has 1 amide bonds. The summed E-state index contributed by atoms with van der Waals surface area (Å²) >= 11 is 12.0. The highest BCUT2D eigenvalue weighted by molar-refractivity contribution is 6.55. The van der Waals surface area contributed by atoms with Crippen LogP contribution in [0, 0.1) is 0 Å². The van der Waals surface area contributed by atoms with Crippen molar-refractivity contribution in [3.05, 3.63) is 70.2 Å². The topological polar surface area (TPSA) is 63.2 Å². The molecule has 0 bridgehead atoms. The van der Waals surface area contributed by atoms with Crippen LogP contribution < -0.4 is 5.32 Å². The molecule has 0 unspecified atom stereocenters. The van der Waals surface area contributed by atoms with Gasteiger partial charge in [-0.1, -0.05) is 53.5 Å². The third-order valence-electron chi connectivity index (χ3n) is 3.41. The van der Waals surface area contributed by atoms with Crippen LogP contribution in [0.2, 0.25) is 5.02 Å². The Bertz CT molecular complexity index is 782. The number of alkyl halides is 1. The number of carbonyl (C=O) groups is 3. The van der Waals surface area contributed by atoms with Crippen molar-refractivity contribution in [1.82, 2.24) is 5.32 Å². The lowest BCUT2D eigenvalue weighted by atomic mass is 10.1. The fourth-order valence-electron chi connectivity index (χ4n) is 2.33. The van der Waals surface area contributed by atoms with Crippen LogP contribution in [0.5, 0.6) is 0 Å². The average molecular weight is 334 g/mol. The van der Waals surface area contributed by atoms with Crippen LogP contribution in [0.4, 0.5) is 0 Å². The molecule has 0 fully saturated rings. The van der Waals surface area contributed by atoms with Crippen molar-refractivity contribution in [1.29, 1.82) is 0 Å². The normalized spacial score (nSPS) is 15.5. The molecule has 0 spiro atoms. The molecule has 0 radical (unpaired) electrons. The summed E-state index contributed by atoms with van der Waals surface area (Å²) in [5.41, 5.74) is 0.617. The van der Waals surface area contributed by atoms with Crippen LogP contribution in [-0.2, 0) is 0 Å². The van der Waals surface area contributed by atoms with Gasteiger partial charge in [-0.15, -0.1) is 0 Å². The number of Topliss-reactive ketones (excluding diaryl/α,β-unsaturated/α-hetero) is 2. The van der Waals surface area contributed by atoms with Crippen molar-refractivity contribution in [3.63, 3.8) is 0 Å². The Morgan fingerprint density at radius 3 is 2.09 bits per heavy atom. The zero-order valence-corrected chi connectivity index (χ0v) is 12.6. The van der Waals surface area contributed by atoms with E-state index in [1.165, 1.54) is 24.3 Å². The minimum Gasteiger partial charge on any atom is -0.320 e. The molecule has 1 aliphatic carbocycles. The van der Waals surface area contributed by atoms with Gasteiger partial charge in [0.2, 0.25) is 16.6 Å². The van der Waals surface area contributed by atoms with Gasteiger partial charge in [-0.05, 0) is 18.2 Å². The summed E-state index contributed by atoms with van der Waals surface area (Å²) < 4.78 is 0. The van der Waals surface area contributed by atoms with Gasteiger partial charge >= 0.3 is 0 Å². The first-order valence-corrected chi connectivity index (χ1v) is 7.14. The first kappa shape index (κ1) is 14.8. The summed E-state index contributed by atoms with van der Waals surface area (Å²) in [4.78, 5) is 34.9. The summed E-state index contributed by atoms with van der Waals surface area (Å²) in [5.74, 6) is -1.91. The Labute approximate surface area is 136 Å². The molecule has 1 N–H and O–H groups in total. The smallest absolute Gasteiger partial charge is 0.253 e. The van der Waals surface area contributed by atoms with Crippen molar-refractivity contribution in [3.8, 4) is 0 Å². The Balaban J connectivity index is 1.94. The third-order valence-corrected chi connectivity index (χ3v) is 4.09. The molecule has 0 heterocycles. The van der Waals surface area contributed by atoms with E-state index in [0.29, 0.717) is 5.02 Å². The monoisotopic (exact) mass is 333 g/mol. The standard InChI is InChI=1S/C16H9Cl2NO3/c17-10-5-3-4-9(8-10)15(22)19-16(18)13(20)11-6-1-2-7-12(11)14(16)21/h1-8H,(H,19,22). The van der Waals surface area contributed by atoms with Gasteiger partial charge in [0, 0.05) is 21.7 Å². The number of amides is 1. The molecule has 2 aromatic carbocycles. The van der Waals surface area contributed by atoms with Crippen LogP contribution in [0.3, 0.4) is 0 Å². The first-order valence-electron chi connectivity index (χ1n) is 6.39. The van der Waals surface area contributed by atoms with Crippen molar-refractivity contribution in [2.24, 2.45) is 0 Å². The van der Waals surface area contributed by atoms with Crippen LogP contribution >= 0.6 is 23.2 Å². The predicted molar refractivity (Wildman–Crippen MR) is 82.6 cm³/mol. The maximum atomic E-state index is 12.4. The second-order valence-corrected chi connectivity index (χ2v) is 5.83. The van der Waals surface area contributed by atoms with Gasteiger partial charge in [0.1, 0.15) is 0 Å². The second kappa shape index (κ2) is 5.23. The van der Waals surface area contributed by atoms with E-state index in [4.69, 9.17) is 23.2 Å². The lowest BCUT2D eigenvalue weighted by molar-refractivity contribution is 0.0772. The zero-order chi connectivity index (χ0) is 15.9. The summed E-state index contributed by atoms with van der Waals surface area (Å²) in [6.45, 7) is 0. The van der Waals surface area contributed by atoms with Crippen LogP contribution in [0.15, 0.2) is 48.5 Å². The van der Waals surface area contributed by atoms with E-state index in [2.05, 4.69) is 5.32 Å². The molecule has 110 valence electrons. The van der Waals surface area contributed by atoms with Gasteiger partial charge in [0.05, 0.1) is 0 Å². The van der Waals surface area contributed by atoms with E-state index in [0.717, 1.165) is 0 Å². The molecule has 3 rings (SSSR count). The molecule has 0 saturated heterocycles. The highest BCUT2D eigenvalue weighted by atomic mass is 35.5. The Morgan fingerprint density at radius 1 is 0.955 bits per heavy atom. The van der Waals surface area contributed by atoms with E-state index in [1.54, 1.807) is 24.3 Å². The molecular weight excluding hydrogens is 325 g/mol. The summed E-state index contributed by atoms with van der Waals surface area (Å²) in [5, 5.41) is 2.68. The van der Waals surface area contributed by atoms with Crippen LogP contribution in [0.25, 0.3) is 0 Å². The number of benzene rings is 2. The fraction of sp³-hybridized carbons (Fsp3) is 0.0625. The maximum absolute atomic E-state index is 12.4. The number of halogens is 2. The summed E-state index contributed by atoms with van der Waals surface area (Å²) in [7, 11) is 0. The lowest BCUT2D eigenvalue weighted by Crippen LogP contribution is -2.52. The zero-order valence-electron chi connectivity index (χ0n) is 11.1.